The second-order valence-electron chi connectivity index (χ2n) is 7.67. The summed E-state index contributed by atoms with van der Waals surface area (Å²) in [6.45, 7) is 6.93. The normalized spacial score (nSPS) is 28.4. The summed E-state index contributed by atoms with van der Waals surface area (Å²) in [5.74, 6) is 1.44. The Morgan fingerprint density at radius 3 is 2.64 bits per heavy atom. The third-order valence-electron chi connectivity index (χ3n) is 6.37. The summed E-state index contributed by atoms with van der Waals surface area (Å²) in [4.78, 5) is 10.9. The number of nitro groups is 1. The van der Waals surface area contributed by atoms with Gasteiger partial charge in [-0.05, 0) is 30.2 Å². The fraction of sp³-hybridized carbons (Fsp3) is 0.500. The van der Waals surface area contributed by atoms with Crippen LogP contribution < -0.4 is 14.9 Å². The maximum Gasteiger partial charge on any atom is 0.282 e. The Kier molecular flexibility index (Phi) is 3.32. The lowest BCUT2D eigenvalue weighted by molar-refractivity contribution is -0.385. The molecule has 1 aliphatic heterocycles. The number of nitro benzene ring substituents is 1. The van der Waals surface area contributed by atoms with Gasteiger partial charge in [0.1, 0.15) is 0 Å². The Labute approximate surface area is 145 Å². The zero-order valence-corrected chi connectivity index (χ0v) is 14.5. The first-order chi connectivity index (χ1) is 11.8. The van der Waals surface area contributed by atoms with Crippen LogP contribution in [-0.2, 0) is 0 Å². The van der Waals surface area contributed by atoms with E-state index >= 15 is 0 Å². The van der Waals surface area contributed by atoms with E-state index < -0.39 is 4.92 Å². The Balaban J connectivity index is 1.58. The molecule has 0 aromatic heterocycles. The number of hydrogen-bond donors (Lipinski definition) is 1. The van der Waals surface area contributed by atoms with Crippen molar-refractivity contribution in [3.8, 4) is 11.5 Å². The number of fused-ring (bicyclic) bond motifs is 3. The SMILES string of the molecule is CC1(C)[C@@H]2C=C(N/N=C\c3cc4c(cc3[N+](=O)[O-])OCO4)[C@@]1(C)CC2. The molecule has 25 heavy (non-hydrogen) atoms. The van der Waals surface area contributed by atoms with Crippen molar-refractivity contribution in [2.75, 3.05) is 6.79 Å². The topological polar surface area (TPSA) is 86.0 Å². The number of nitrogens with zero attached hydrogens (tertiary/aromatic N) is 2. The predicted octanol–water partition coefficient (Wildman–Crippen LogP) is 3.59. The van der Waals surface area contributed by atoms with E-state index in [2.05, 4.69) is 37.4 Å². The Morgan fingerprint density at radius 2 is 2.04 bits per heavy atom. The average Bonchev–Trinajstić information content (AvgIpc) is 3.15. The Bertz CT molecular complexity index is 815. The van der Waals surface area contributed by atoms with Gasteiger partial charge in [0.2, 0.25) is 6.79 Å². The summed E-state index contributed by atoms with van der Waals surface area (Å²) in [6, 6.07) is 2.97. The van der Waals surface area contributed by atoms with Gasteiger partial charge in [-0.1, -0.05) is 26.8 Å². The lowest BCUT2D eigenvalue weighted by Gasteiger charge is -2.36. The van der Waals surface area contributed by atoms with Gasteiger partial charge in [-0.25, -0.2) is 0 Å². The van der Waals surface area contributed by atoms with Crippen LogP contribution >= 0.6 is 0 Å². The van der Waals surface area contributed by atoms with Gasteiger partial charge in [0, 0.05) is 11.1 Å². The monoisotopic (exact) mass is 343 g/mol. The van der Waals surface area contributed by atoms with Crippen molar-refractivity contribution in [2.45, 2.75) is 33.6 Å². The molecule has 2 aliphatic carbocycles. The van der Waals surface area contributed by atoms with Gasteiger partial charge in [0.25, 0.3) is 5.69 Å². The summed E-state index contributed by atoms with van der Waals surface area (Å²) >= 11 is 0. The molecule has 0 amide bonds. The first kappa shape index (κ1) is 15.9. The largest absolute Gasteiger partial charge is 0.454 e. The number of hydrogen-bond acceptors (Lipinski definition) is 6. The van der Waals surface area contributed by atoms with E-state index in [4.69, 9.17) is 9.47 Å². The summed E-state index contributed by atoms with van der Waals surface area (Å²) in [7, 11) is 0. The van der Waals surface area contributed by atoms with E-state index in [0.29, 0.717) is 23.0 Å². The van der Waals surface area contributed by atoms with Gasteiger partial charge in [-0.15, -0.1) is 0 Å². The smallest absolute Gasteiger partial charge is 0.282 e. The number of allylic oxidation sites excluding steroid dienone is 2. The van der Waals surface area contributed by atoms with Gasteiger partial charge in [-0.3, -0.25) is 15.5 Å². The summed E-state index contributed by atoms with van der Waals surface area (Å²) in [5.41, 5.74) is 4.83. The highest BCUT2D eigenvalue weighted by Gasteiger charge is 2.57. The molecule has 1 N–H and O–H groups in total. The fourth-order valence-electron chi connectivity index (χ4n) is 4.24. The zero-order valence-electron chi connectivity index (χ0n) is 14.5. The van der Waals surface area contributed by atoms with E-state index in [1.165, 1.54) is 18.7 Å². The highest BCUT2D eigenvalue weighted by molar-refractivity contribution is 5.87. The van der Waals surface area contributed by atoms with Crippen molar-refractivity contribution < 1.29 is 14.4 Å². The Morgan fingerprint density at radius 1 is 1.32 bits per heavy atom. The molecule has 7 nitrogen and oxygen atoms in total. The Hall–Kier alpha value is -2.57. The molecular formula is C18H21N3O4. The molecule has 0 saturated heterocycles. The molecule has 1 aromatic carbocycles. The van der Waals surface area contributed by atoms with Crippen LogP contribution in [0.1, 0.15) is 39.2 Å². The molecule has 7 heteroatoms. The van der Waals surface area contributed by atoms with Crippen LogP contribution in [0.25, 0.3) is 0 Å². The van der Waals surface area contributed by atoms with Gasteiger partial charge < -0.3 is 9.47 Å². The number of rotatable bonds is 4. The number of ether oxygens (including phenoxy) is 2. The van der Waals surface area contributed by atoms with Crippen LogP contribution in [0.2, 0.25) is 0 Å². The minimum atomic E-state index is -0.440. The van der Waals surface area contributed by atoms with Crippen molar-refractivity contribution in [2.24, 2.45) is 21.8 Å². The molecule has 1 saturated carbocycles. The second-order valence-corrected chi connectivity index (χ2v) is 7.67. The number of hydrazone groups is 1. The molecule has 2 atom stereocenters. The van der Waals surface area contributed by atoms with Gasteiger partial charge in [0.15, 0.2) is 11.5 Å². The summed E-state index contributed by atoms with van der Waals surface area (Å²) < 4.78 is 10.5. The van der Waals surface area contributed by atoms with Crippen LogP contribution in [0.4, 0.5) is 5.69 Å². The molecule has 0 spiro atoms. The third kappa shape index (κ3) is 2.22. The highest BCUT2D eigenvalue weighted by Crippen LogP contribution is 2.64. The van der Waals surface area contributed by atoms with E-state index in [0.717, 1.165) is 12.1 Å². The van der Waals surface area contributed by atoms with Crippen molar-refractivity contribution in [3.63, 3.8) is 0 Å². The molecule has 0 unspecified atom stereocenters. The minimum Gasteiger partial charge on any atom is -0.454 e. The van der Waals surface area contributed by atoms with E-state index in [1.54, 1.807) is 6.07 Å². The standard InChI is InChI=1S/C18H21N3O4/c1-17(2)12-4-5-18(17,3)16(7-12)20-19-9-11-6-14-15(25-10-24-14)8-13(11)21(22)23/h6-9,12,20H,4-5,10H2,1-3H3/b19-9-/t12-,18+/m0/s1. The molecule has 2 bridgehead atoms. The number of nitrogens with one attached hydrogen (secondary N) is 1. The van der Waals surface area contributed by atoms with Gasteiger partial charge in [0.05, 0.1) is 22.8 Å². The van der Waals surface area contributed by atoms with Crippen molar-refractivity contribution in [1.29, 1.82) is 0 Å². The van der Waals surface area contributed by atoms with Crippen molar-refractivity contribution in [3.05, 3.63) is 39.6 Å². The van der Waals surface area contributed by atoms with Gasteiger partial charge >= 0.3 is 0 Å². The third-order valence-corrected chi connectivity index (χ3v) is 6.37. The molecule has 1 fully saturated rings. The van der Waals surface area contributed by atoms with Crippen molar-refractivity contribution in [1.82, 2.24) is 5.43 Å². The minimum absolute atomic E-state index is 0.0525. The molecule has 0 radical (unpaired) electrons. The first-order valence-corrected chi connectivity index (χ1v) is 8.42. The molecule has 1 heterocycles. The molecule has 3 aliphatic rings. The van der Waals surface area contributed by atoms with E-state index in [9.17, 15) is 10.1 Å². The first-order valence-electron chi connectivity index (χ1n) is 8.42. The molecule has 132 valence electrons. The van der Waals surface area contributed by atoms with Crippen LogP contribution in [0.3, 0.4) is 0 Å². The maximum atomic E-state index is 11.3. The van der Waals surface area contributed by atoms with Crippen LogP contribution in [0.15, 0.2) is 29.0 Å². The van der Waals surface area contributed by atoms with E-state index in [1.807, 2.05) is 0 Å². The maximum absolute atomic E-state index is 11.3. The molecule has 4 rings (SSSR count). The van der Waals surface area contributed by atoms with Gasteiger partial charge in [-0.2, -0.15) is 5.10 Å². The number of benzene rings is 1. The van der Waals surface area contributed by atoms with Crippen LogP contribution in [0.5, 0.6) is 11.5 Å². The lowest BCUT2D eigenvalue weighted by Crippen LogP contribution is -2.33. The summed E-state index contributed by atoms with van der Waals surface area (Å²) in [6.07, 6.45) is 6.06. The quantitative estimate of drug-likeness (QED) is 0.513. The van der Waals surface area contributed by atoms with Crippen molar-refractivity contribution >= 4 is 11.9 Å². The van der Waals surface area contributed by atoms with Crippen LogP contribution in [-0.4, -0.2) is 17.9 Å². The predicted molar refractivity (Wildman–Crippen MR) is 92.6 cm³/mol. The second kappa shape index (κ2) is 5.21. The highest BCUT2D eigenvalue weighted by atomic mass is 16.7. The average molecular weight is 343 g/mol. The van der Waals surface area contributed by atoms with Crippen LogP contribution in [0, 0.1) is 26.9 Å². The fourth-order valence-corrected chi connectivity index (χ4v) is 4.24. The molecular weight excluding hydrogens is 322 g/mol. The molecule has 1 aromatic rings. The van der Waals surface area contributed by atoms with E-state index in [-0.39, 0.29) is 23.3 Å². The summed E-state index contributed by atoms with van der Waals surface area (Å²) in [5, 5.41) is 15.6. The lowest BCUT2D eigenvalue weighted by atomic mass is 9.69. The zero-order chi connectivity index (χ0) is 17.8.